The highest BCUT2D eigenvalue weighted by atomic mass is 16.5. The number of hydrogen-bond donors (Lipinski definition) is 2. The zero-order valence-corrected chi connectivity index (χ0v) is 16.5. The molecule has 0 radical (unpaired) electrons. The maximum Gasteiger partial charge on any atom is 0.165 e. The molecule has 5 aliphatic rings. The van der Waals surface area contributed by atoms with Crippen LogP contribution in [-0.4, -0.2) is 45.9 Å². The van der Waals surface area contributed by atoms with Gasteiger partial charge in [0.1, 0.15) is 6.10 Å². The van der Waals surface area contributed by atoms with Crippen molar-refractivity contribution in [2.45, 2.75) is 82.0 Å². The van der Waals surface area contributed by atoms with Crippen LogP contribution < -0.4 is 4.74 Å². The number of phenolic OH excluding ortho intramolecular Hbond substituents is 1. The van der Waals surface area contributed by atoms with Crippen molar-refractivity contribution in [2.75, 3.05) is 13.1 Å². The molecule has 6 rings (SSSR count). The molecule has 4 nitrogen and oxygen atoms in total. The third kappa shape index (κ3) is 2.01. The molecule has 1 saturated heterocycles. The maximum absolute atomic E-state index is 11.3. The van der Waals surface area contributed by atoms with E-state index in [9.17, 15) is 10.2 Å². The Bertz CT molecular complexity index is 814. The molecule has 2 aliphatic heterocycles. The Hall–Kier alpha value is -1.26. The van der Waals surface area contributed by atoms with Crippen LogP contribution in [0.1, 0.15) is 62.6 Å². The van der Waals surface area contributed by atoms with Crippen LogP contribution in [0.3, 0.4) is 0 Å². The summed E-state index contributed by atoms with van der Waals surface area (Å²) in [5.41, 5.74) is 3.03. The van der Waals surface area contributed by atoms with E-state index in [1.54, 1.807) is 0 Å². The molecule has 1 aromatic carbocycles. The Morgan fingerprint density at radius 2 is 2.07 bits per heavy atom. The van der Waals surface area contributed by atoms with Gasteiger partial charge in [0.15, 0.2) is 11.5 Å². The van der Waals surface area contributed by atoms with Crippen molar-refractivity contribution in [2.24, 2.45) is 11.8 Å². The van der Waals surface area contributed by atoms with Gasteiger partial charge >= 0.3 is 0 Å². The van der Waals surface area contributed by atoms with Crippen molar-refractivity contribution in [3.05, 3.63) is 22.8 Å². The van der Waals surface area contributed by atoms with Crippen LogP contribution in [0.2, 0.25) is 0 Å². The zero-order chi connectivity index (χ0) is 18.6. The van der Waals surface area contributed by atoms with Crippen LogP contribution >= 0.6 is 0 Å². The van der Waals surface area contributed by atoms with E-state index >= 15 is 0 Å². The first-order chi connectivity index (χ1) is 13.0. The van der Waals surface area contributed by atoms with Crippen molar-refractivity contribution in [3.63, 3.8) is 0 Å². The third-order valence-corrected chi connectivity index (χ3v) is 8.55. The second-order valence-corrected chi connectivity index (χ2v) is 10.1. The summed E-state index contributed by atoms with van der Waals surface area (Å²) in [6.45, 7) is 6.49. The zero-order valence-electron chi connectivity index (χ0n) is 16.5. The number of phenols is 1. The lowest BCUT2D eigenvalue weighted by Crippen LogP contribution is -2.69. The molecule has 2 bridgehead atoms. The number of rotatable bonds is 3. The van der Waals surface area contributed by atoms with Gasteiger partial charge in [0.25, 0.3) is 0 Å². The largest absolute Gasteiger partial charge is 0.504 e. The second-order valence-electron chi connectivity index (χ2n) is 10.1. The lowest BCUT2D eigenvalue weighted by Gasteiger charge is -2.61. The fourth-order valence-electron chi connectivity index (χ4n) is 7.22. The summed E-state index contributed by atoms with van der Waals surface area (Å²) >= 11 is 0. The molecule has 4 heteroatoms. The van der Waals surface area contributed by atoms with Gasteiger partial charge < -0.3 is 14.9 Å². The topological polar surface area (TPSA) is 52.9 Å². The van der Waals surface area contributed by atoms with E-state index in [1.165, 1.54) is 36.1 Å². The smallest absolute Gasteiger partial charge is 0.165 e. The summed E-state index contributed by atoms with van der Waals surface area (Å²) in [4.78, 5) is 2.78. The fourth-order valence-corrected chi connectivity index (χ4v) is 7.22. The summed E-state index contributed by atoms with van der Waals surface area (Å²) in [6.07, 6.45) is 7.51. The van der Waals surface area contributed by atoms with E-state index < -0.39 is 5.60 Å². The minimum atomic E-state index is -0.827. The molecule has 0 aromatic heterocycles. The fraction of sp³-hybridized carbons (Fsp3) is 0.739. The number of hydrogen-bond acceptors (Lipinski definition) is 4. The lowest BCUT2D eigenvalue weighted by molar-refractivity contribution is -0.151. The highest BCUT2D eigenvalue weighted by Gasteiger charge is 2.68. The Kier molecular flexibility index (Phi) is 3.22. The average Bonchev–Trinajstić information content (AvgIpc) is 3.38. The average molecular weight is 370 g/mol. The minimum Gasteiger partial charge on any atom is -0.504 e. The highest BCUT2D eigenvalue weighted by Crippen LogP contribution is 2.66. The molecule has 1 spiro atoms. The summed E-state index contributed by atoms with van der Waals surface area (Å²) in [7, 11) is 0. The van der Waals surface area contributed by atoms with E-state index in [-0.39, 0.29) is 17.3 Å². The predicted octanol–water partition coefficient (Wildman–Crippen LogP) is 3.15. The van der Waals surface area contributed by atoms with Crippen LogP contribution in [0, 0.1) is 11.8 Å². The van der Waals surface area contributed by atoms with Crippen LogP contribution in [0.15, 0.2) is 6.07 Å². The summed E-state index contributed by atoms with van der Waals surface area (Å²) in [5.74, 6) is 2.41. The Morgan fingerprint density at radius 1 is 1.26 bits per heavy atom. The molecular weight excluding hydrogens is 338 g/mol. The Labute approximate surface area is 161 Å². The number of benzene rings is 1. The van der Waals surface area contributed by atoms with Gasteiger partial charge in [-0.05, 0) is 87.4 Å². The standard InChI is InChI=1S/C23H31NO3/c1-3-14-10-18(25)20-19-15(14)11-17-16-6-7-22(2,26)21(27-20)23(16,19)8-9-24(17)12-13-4-5-13/h10,13,16-17,21,25-26H,3-9,11-12H2,1-2H3/t16-,17+,21-,22-,23-/m0/s1. The van der Waals surface area contributed by atoms with Gasteiger partial charge in [-0.1, -0.05) is 6.92 Å². The van der Waals surface area contributed by atoms with Gasteiger partial charge in [0.2, 0.25) is 0 Å². The molecule has 0 unspecified atom stereocenters. The molecule has 2 N–H and O–H groups in total. The molecule has 3 aliphatic carbocycles. The lowest BCUT2D eigenvalue weighted by atomic mass is 9.49. The molecule has 27 heavy (non-hydrogen) atoms. The minimum absolute atomic E-state index is 0.113. The highest BCUT2D eigenvalue weighted by molar-refractivity contribution is 5.63. The molecule has 1 aromatic rings. The van der Waals surface area contributed by atoms with E-state index in [1.807, 2.05) is 13.0 Å². The SMILES string of the molecule is CCc1cc(O)c2c3c1C[C@@H]1[C@@H]4CC[C@](C)(O)[C@H](O2)[C@]34CCN1CC1CC1. The molecule has 146 valence electrons. The first kappa shape index (κ1) is 16.7. The molecule has 2 heterocycles. The number of aromatic hydroxyl groups is 1. The predicted molar refractivity (Wildman–Crippen MR) is 103 cm³/mol. The van der Waals surface area contributed by atoms with Gasteiger partial charge in [-0.25, -0.2) is 0 Å². The third-order valence-electron chi connectivity index (χ3n) is 8.55. The van der Waals surface area contributed by atoms with E-state index in [0.717, 1.165) is 44.6 Å². The summed E-state index contributed by atoms with van der Waals surface area (Å²) in [6, 6.07) is 2.49. The number of ether oxygens (including phenoxy) is 1. The number of aryl methyl sites for hydroxylation is 1. The van der Waals surface area contributed by atoms with Gasteiger partial charge in [0, 0.05) is 23.6 Å². The van der Waals surface area contributed by atoms with Gasteiger partial charge in [-0.2, -0.15) is 0 Å². The van der Waals surface area contributed by atoms with Crippen molar-refractivity contribution in [1.29, 1.82) is 0 Å². The first-order valence-corrected chi connectivity index (χ1v) is 11.0. The molecule has 0 amide bonds. The molecule has 2 saturated carbocycles. The van der Waals surface area contributed by atoms with E-state index in [2.05, 4.69) is 11.8 Å². The van der Waals surface area contributed by atoms with Gasteiger partial charge in [0.05, 0.1) is 5.60 Å². The Morgan fingerprint density at radius 3 is 2.81 bits per heavy atom. The van der Waals surface area contributed by atoms with Crippen LogP contribution in [0.5, 0.6) is 11.5 Å². The number of piperidine rings is 1. The van der Waals surface area contributed by atoms with Crippen LogP contribution in [0.4, 0.5) is 0 Å². The molecule has 3 fully saturated rings. The first-order valence-electron chi connectivity index (χ1n) is 11.0. The van der Waals surface area contributed by atoms with Crippen molar-refractivity contribution < 1.29 is 14.9 Å². The number of nitrogens with zero attached hydrogens (tertiary/aromatic N) is 1. The quantitative estimate of drug-likeness (QED) is 0.859. The second kappa shape index (κ2) is 5.21. The molecule has 5 atom stereocenters. The van der Waals surface area contributed by atoms with E-state index in [0.29, 0.717) is 17.7 Å². The maximum atomic E-state index is 11.3. The Balaban J connectivity index is 1.56. The normalized spacial score (nSPS) is 42.0. The molecular formula is C23H31NO3. The number of aliphatic hydroxyl groups is 1. The van der Waals surface area contributed by atoms with Crippen molar-refractivity contribution in [3.8, 4) is 11.5 Å². The van der Waals surface area contributed by atoms with Gasteiger partial charge in [-0.3, -0.25) is 4.90 Å². The summed E-state index contributed by atoms with van der Waals surface area (Å²) in [5, 5.41) is 22.0. The monoisotopic (exact) mass is 369 g/mol. The number of likely N-dealkylation sites (tertiary alicyclic amines) is 1. The van der Waals surface area contributed by atoms with Crippen molar-refractivity contribution in [1.82, 2.24) is 4.90 Å². The van der Waals surface area contributed by atoms with Crippen LogP contribution in [-0.2, 0) is 18.3 Å². The summed E-state index contributed by atoms with van der Waals surface area (Å²) < 4.78 is 6.43. The van der Waals surface area contributed by atoms with Gasteiger partial charge in [-0.15, -0.1) is 0 Å². The van der Waals surface area contributed by atoms with E-state index in [4.69, 9.17) is 4.74 Å². The van der Waals surface area contributed by atoms with Crippen LogP contribution in [0.25, 0.3) is 0 Å². The van der Waals surface area contributed by atoms with Crippen molar-refractivity contribution >= 4 is 0 Å².